The summed E-state index contributed by atoms with van der Waals surface area (Å²) in [5.41, 5.74) is 6.04. The Hall–Kier alpha value is -1.17. The van der Waals surface area contributed by atoms with Crippen molar-refractivity contribution in [3.8, 4) is 0 Å². The molecule has 0 saturated heterocycles. The van der Waals surface area contributed by atoms with Gasteiger partial charge in [0, 0.05) is 17.5 Å². The molecule has 4 nitrogen and oxygen atoms in total. The molecule has 3 N–H and O–H groups in total. The summed E-state index contributed by atoms with van der Waals surface area (Å²) < 4.78 is 26.8. The Labute approximate surface area is 114 Å². The fraction of sp³-hybridized carbons (Fsp3) is 0.429. The van der Waals surface area contributed by atoms with Crippen LogP contribution < -0.4 is 10.5 Å². The maximum Gasteiger partial charge on any atom is 0.234 e. The zero-order valence-corrected chi connectivity index (χ0v) is 11.9. The van der Waals surface area contributed by atoms with Gasteiger partial charge in [0.2, 0.25) is 10.0 Å². The van der Waals surface area contributed by atoms with Gasteiger partial charge in [0.25, 0.3) is 0 Å². The monoisotopic (exact) mass is 280 g/mol. The molecule has 0 radical (unpaired) electrons. The number of nitrogens with two attached hydrogens (primary N) is 1. The summed E-state index contributed by atoms with van der Waals surface area (Å²) >= 11 is 0. The Morgan fingerprint density at radius 2 is 2.00 bits per heavy atom. The molecule has 19 heavy (non-hydrogen) atoms. The highest BCUT2D eigenvalue weighted by atomic mass is 32.2. The van der Waals surface area contributed by atoms with E-state index in [4.69, 9.17) is 5.73 Å². The molecule has 0 amide bonds. The van der Waals surface area contributed by atoms with Gasteiger partial charge in [-0.2, -0.15) is 0 Å². The van der Waals surface area contributed by atoms with E-state index < -0.39 is 15.6 Å². The van der Waals surface area contributed by atoms with Crippen molar-refractivity contribution < 1.29 is 8.42 Å². The molecule has 0 aliphatic heterocycles. The lowest BCUT2D eigenvalue weighted by atomic mass is 9.98. The molecule has 0 aromatic heterocycles. The molecule has 1 aromatic rings. The molecular weight excluding hydrogens is 260 g/mol. The summed E-state index contributed by atoms with van der Waals surface area (Å²) in [5, 5.41) is 1.21. The molecule has 0 spiro atoms. The summed E-state index contributed by atoms with van der Waals surface area (Å²) in [6.07, 6.45) is 3.67. The van der Waals surface area contributed by atoms with Gasteiger partial charge in [-0.25, -0.2) is 13.1 Å². The van der Waals surface area contributed by atoms with Crippen LogP contribution in [0.25, 0.3) is 6.08 Å². The summed E-state index contributed by atoms with van der Waals surface area (Å²) in [6, 6.07) is 9.34. The number of hydrogen-bond acceptors (Lipinski definition) is 3. The molecule has 1 unspecified atom stereocenters. The predicted molar refractivity (Wildman–Crippen MR) is 77.7 cm³/mol. The Morgan fingerprint density at radius 1 is 1.37 bits per heavy atom. The summed E-state index contributed by atoms with van der Waals surface area (Å²) in [6.45, 7) is 2.19. The van der Waals surface area contributed by atoms with Crippen molar-refractivity contribution in [3.63, 3.8) is 0 Å². The first-order valence-corrected chi connectivity index (χ1v) is 7.97. The number of nitrogens with one attached hydrogen (secondary N) is 1. The van der Waals surface area contributed by atoms with Gasteiger partial charge in [-0.3, -0.25) is 0 Å². The minimum absolute atomic E-state index is 0.316. The average molecular weight is 280 g/mol. The number of hydrogen-bond donors (Lipinski definition) is 2. The van der Waals surface area contributed by atoms with E-state index in [1.807, 2.05) is 37.3 Å². The third-order valence-electron chi connectivity index (χ3n) is 3.52. The van der Waals surface area contributed by atoms with Crippen molar-refractivity contribution >= 4 is 16.1 Å². The molecule has 104 valence electrons. The standard InChI is InChI=1S/C14H20N2O2S/c1-14(11-15,13-7-8-13)16-19(17,18)10-9-12-5-3-2-4-6-12/h2-6,9-10,13,16H,7-8,11,15H2,1H3/b10-9+. The van der Waals surface area contributed by atoms with Crippen molar-refractivity contribution in [2.75, 3.05) is 6.54 Å². The zero-order valence-electron chi connectivity index (χ0n) is 11.0. The molecule has 5 heteroatoms. The lowest BCUT2D eigenvalue weighted by Gasteiger charge is -2.28. The van der Waals surface area contributed by atoms with Crippen molar-refractivity contribution in [2.45, 2.75) is 25.3 Å². The van der Waals surface area contributed by atoms with Gasteiger partial charge in [-0.05, 0) is 37.3 Å². The summed E-state index contributed by atoms with van der Waals surface area (Å²) in [5.74, 6) is 0.359. The van der Waals surface area contributed by atoms with Crippen molar-refractivity contribution in [3.05, 3.63) is 41.3 Å². The second-order valence-corrected chi connectivity index (χ2v) is 6.82. The quantitative estimate of drug-likeness (QED) is 0.833. The van der Waals surface area contributed by atoms with E-state index in [-0.39, 0.29) is 0 Å². The van der Waals surface area contributed by atoms with E-state index in [1.165, 1.54) is 5.41 Å². The Morgan fingerprint density at radius 3 is 2.53 bits per heavy atom. The van der Waals surface area contributed by atoms with Gasteiger partial charge in [0.05, 0.1) is 0 Å². The fourth-order valence-corrected chi connectivity index (χ4v) is 3.41. The summed E-state index contributed by atoms with van der Waals surface area (Å²) in [7, 11) is -3.47. The van der Waals surface area contributed by atoms with Gasteiger partial charge in [-0.1, -0.05) is 30.3 Å². The topological polar surface area (TPSA) is 72.2 Å². The molecular formula is C14H20N2O2S. The molecule has 2 rings (SSSR count). The van der Waals surface area contributed by atoms with Crippen LogP contribution in [0.5, 0.6) is 0 Å². The van der Waals surface area contributed by atoms with Gasteiger partial charge in [0.15, 0.2) is 0 Å². The van der Waals surface area contributed by atoms with Crippen molar-refractivity contribution in [1.82, 2.24) is 4.72 Å². The normalized spacial score (nSPS) is 19.5. The average Bonchev–Trinajstić information content (AvgIpc) is 3.22. The van der Waals surface area contributed by atoms with Gasteiger partial charge in [-0.15, -0.1) is 0 Å². The SMILES string of the molecule is CC(CN)(NS(=O)(=O)/C=C/c1ccccc1)C1CC1. The van der Waals surface area contributed by atoms with Crippen LogP contribution in [0.15, 0.2) is 35.7 Å². The lowest BCUT2D eigenvalue weighted by Crippen LogP contribution is -2.52. The Balaban J connectivity index is 2.08. The maximum atomic E-state index is 12.1. The molecule has 1 aliphatic carbocycles. The minimum Gasteiger partial charge on any atom is -0.329 e. The van der Waals surface area contributed by atoms with Crippen molar-refractivity contribution in [2.24, 2.45) is 11.7 Å². The smallest absolute Gasteiger partial charge is 0.234 e. The van der Waals surface area contributed by atoms with E-state index in [0.717, 1.165) is 18.4 Å². The first-order valence-electron chi connectivity index (χ1n) is 6.42. The minimum atomic E-state index is -3.47. The maximum absolute atomic E-state index is 12.1. The Kier molecular flexibility index (Phi) is 4.08. The first-order chi connectivity index (χ1) is 8.95. The highest BCUT2D eigenvalue weighted by Gasteiger charge is 2.42. The van der Waals surface area contributed by atoms with Crippen LogP contribution in [0, 0.1) is 5.92 Å². The van der Waals surface area contributed by atoms with Crippen LogP contribution in [-0.4, -0.2) is 20.5 Å². The molecule has 1 saturated carbocycles. The van der Waals surface area contributed by atoms with Crippen LogP contribution in [0.1, 0.15) is 25.3 Å². The lowest BCUT2D eigenvalue weighted by molar-refractivity contribution is 0.376. The van der Waals surface area contributed by atoms with E-state index >= 15 is 0 Å². The van der Waals surface area contributed by atoms with E-state index in [1.54, 1.807) is 6.08 Å². The van der Waals surface area contributed by atoms with Crippen LogP contribution in [-0.2, 0) is 10.0 Å². The van der Waals surface area contributed by atoms with E-state index in [9.17, 15) is 8.42 Å². The van der Waals surface area contributed by atoms with Gasteiger partial charge >= 0.3 is 0 Å². The third kappa shape index (κ3) is 3.89. The second kappa shape index (κ2) is 5.45. The molecule has 1 aromatic carbocycles. The van der Waals surface area contributed by atoms with Crippen LogP contribution in [0.2, 0.25) is 0 Å². The molecule has 1 aliphatic rings. The largest absolute Gasteiger partial charge is 0.329 e. The van der Waals surface area contributed by atoms with Crippen LogP contribution in [0.4, 0.5) is 0 Å². The van der Waals surface area contributed by atoms with Gasteiger partial charge < -0.3 is 5.73 Å². The van der Waals surface area contributed by atoms with Gasteiger partial charge in [0.1, 0.15) is 0 Å². The zero-order chi connectivity index (χ0) is 13.9. The predicted octanol–water partition coefficient (Wildman–Crippen LogP) is 1.70. The highest BCUT2D eigenvalue weighted by Crippen LogP contribution is 2.39. The second-order valence-electron chi connectivity index (χ2n) is 5.26. The molecule has 1 fully saturated rings. The van der Waals surface area contributed by atoms with E-state index in [2.05, 4.69) is 4.72 Å². The summed E-state index contributed by atoms with van der Waals surface area (Å²) in [4.78, 5) is 0. The molecule has 1 atom stereocenters. The Bertz CT molecular complexity index is 550. The van der Waals surface area contributed by atoms with Crippen molar-refractivity contribution in [1.29, 1.82) is 0 Å². The van der Waals surface area contributed by atoms with Crippen LogP contribution in [0.3, 0.4) is 0 Å². The fourth-order valence-electron chi connectivity index (χ4n) is 2.10. The molecule has 0 bridgehead atoms. The molecule has 0 heterocycles. The number of rotatable bonds is 6. The number of sulfonamides is 1. The third-order valence-corrected chi connectivity index (χ3v) is 4.76. The number of benzene rings is 1. The van der Waals surface area contributed by atoms with Crippen LogP contribution >= 0.6 is 0 Å². The first kappa shape index (κ1) is 14.2. The van der Waals surface area contributed by atoms with E-state index in [0.29, 0.717) is 12.5 Å². The highest BCUT2D eigenvalue weighted by molar-refractivity contribution is 7.92.